The van der Waals surface area contributed by atoms with Gasteiger partial charge in [0.25, 0.3) is 0 Å². The van der Waals surface area contributed by atoms with Crippen LogP contribution < -0.4 is 0 Å². The van der Waals surface area contributed by atoms with Crippen LogP contribution in [0.5, 0.6) is 0 Å². The third kappa shape index (κ3) is 1.21. The molecule has 0 aromatic heterocycles. The van der Waals surface area contributed by atoms with Gasteiger partial charge in [0.15, 0.2) is 0 Å². The molecule has 2 nitrogen and oxygen atoms in total. The van der Waals surface area contributed by atoms with Crippen molar-refractivity contribution in [3.8, 4) is 0 Å². The molecule has 0 aromatic rings. The highest BCUT2D eigenvalue weighted by atomic mass is 35.5. The largest absolute Gasteiger partial charge is 0.463 e. The van der Waals surface area contributed by atoms with Crippen molar-refractivity contribution in [3.63, 3.8) is 0 Å². The maximum absolute atomic E-state index is 10.9. The number of hydrogen-bond acceptors (Lipinski definition) is 2. The van der Waals surface area contributed by atoms with E-state index < -0.39 is 15.7 Å². The number of cyclic esters (lactones) is 1. The van der Waals surface area contributed by atoms with Crippen LogP contribution in [0.4, 0.5) is 0 Å². The third-order valence-electron chi connectivity index (χ3n) is 1.83. The Morgan fingerprint density at radius 1 is 1.64 bits per heavy atom. The molecule has 0 saturated carbocycles. The molecule has 64 valence electrons. The minimum Gasteiger partial charge on any atom is -0.463 e. The lowest BCUT2D eigenvalue weighted by atomic mass is 9.91. The highest BCUT2D eigenvalue weighted by Crippen LogP contribution is 2.47. The second kappa shape index (κ2) is 2.68. The fourth-order valence-electron chi connectivity index (χ4n) is 0.775. The molecule has 0 amide bonds. The van der Waals surface area contributed by atoms with E-state index in [0.717, 1.165) is 0 Å². The van der Waals surface area contributed by atoms with Crippen molar-refractivity contribution in [2.24, 2.45) is 5.41 Å². The predicted molar refractivity (Wildman–Crippen MR) is 44.2 cm³/mol. The molecule has 1 unspecified atom stereocenters. The maximum atomic E-state index is 10.9. The summed E-state index contributed by atoms with van der Waals surface area (Å²) in [5, 5.41) is 0. The third-order valence-corrected chi connectivity index (χ3v) is 3.64. The number of esters is 1. The summed E-state index contributed by atoms with van der Waals surface area (Å²) in [4.78, 5) is 10.9. The SMILES string of the molecule is CC1(CCl)COC(=O)C1(Cl)Cl. The summed E-state index contributed by atoms with van der Waals surface area (Å²) < 4.78 is 3.20. The minimum atomic E-state index is -1.49. The second-order valence-electron chi connectivity index (χ2n) is 2.84. The highest BCUT2D eigenvalue weighted by molar-refractivity contribution is 6.58. The van der Waals surface area contributed by atoms with Crippen LogP contribution in [0.1, 0.15) is 6.92 Å². The van der Waals surface area contributed by atoms with Crippen LogP contribution in [0.2, 0.25) is 0 Å². The molecule has 0 aromatic carbocycles. The summed E-state index contributed by atoms with van der Waals surface area (Å²) in [7, 11) is 0. The molecule has 1 aliphatic heterocycles. The predicted octanol–water partition coefficient (Wildman–Crippen LogP) is 1.96. The van der Waals surface area contributed by atoms with Gasteiger partial charge in [-0.3, -0.25) is 0 Å². The maximum Gasteiger partial charge on any atom is 0.343 e. The van der Waals surface area contributed by atoms with Gasteiger partial charge >= 0.3 is 5.97 Å². The lowest BCUT2D eigenvalue weighted by Crippen LogP contribution is -2.39. The summed E-state index contributed by atoms with van der Waals surface area (Å²) in [5.74, 6) is -0.407. The fourth-order valence-corrected chi connectivity index (χ4v) is 1.54. The van der Waals surface area contributed by atoms with Gasteiger partial charge in [-0.15, -0.1) is 11.6 Å². The van der Waals surface area contributed by atoms with E-state index in [-0.39, 0.29) is 12.5 Å². The Morgan fingerprint density at radius 2 is 2.18 bits per heavy atom. The van der Waals surface area contributed by atoms with E-state index in [1.165, 1.54) is 0 Å². The van der Waals surface area contributed by atoms with E-state index in [4.69, 9.17) is 34.8 Å². The van der Waals surface area contributed by atoms with Crippen LogP contribution in [0, 0.1) is 5.41 Å². The number of carbonyl (C=O) groups is 1. The van der Waals surface area contributed by atoms with E-state index >= 15 is 0 Å². The van der Waals surface area contributed by atoms with E-state index in [9.17, 15) is 4.79 Å². The number of rotatable bonds is 1. The summed E-state index contributed by atoms with van der Waals surface area (Å²) in [5.41, 5.74) is -0.672. The molecule has 0 bridgehead atoms. The number of ether oxygens (including phenoxy) is 1. The quantitative estimate of drug-likeness (QED) is 0.496. The first kappa shape index (κ1) is 9.43. The van der Waals surface area contributed by atoms with Crippen LogP contribution in [0.15, 0.2) is 0 Å². The molecule has 5 heteroatoms. The van der Waals surface area contributed by atoms with E-state index in [2.05, 4.69) is 4.74 Å². The monoisotopic (exact) mass is 216 g/mol. The Morgan fingerprint density at radius 3 is 2.36 bits per heavy atom. The molecule has 0 spiro atoms. The summed E-state index contributed by atoms with van der Waals surface area (Å²) >= 11 is 17.1. The van der Waals surface area contributed by atoms with Gasteiger partial charge < -0.3 is 4.74 Å². The topological polar surface area (TPSA) is 26.3 Å². The molecule has 1 fully saturated rings. The van der Waals surface area contributed by atoms with Gasteiger partial charge in [-0.25, -0.2) is 4.79 Å². The molecule has 1 saturated heterocycles. The van der Waals surface area contributed by atoms with Crippen LogP contribution in [0.3, 0.4) is 0 Å². The summed E-state index contributed by atoms with van der Waals surface area (Å²) in [6.45, 7) is 1.90. The Bertz CT molecular complexity index is 192. The standard InChI is InChI=1S/C6H7Cl3O2/c1-5(2-7)3-11-4(10)6(5,8)9/h2-3H2,1H3. The highest BCUT2D eigenvalue weighted by Gasteiger charge is 2.58. The Balaban J connectivity index is 2.95. The summed E-state index contributed by atoms with van der Waals surface area (Å²) in [6, 6.07) is 0. The van der Waals surface area contributed by atoms with Gasteiger partial charge in [0.1, 0.15) is 6.61 Å². The van der Waals surface area contributed by atoms with Crippen LogP contribution in [0.25, 0.3) is 0 Å². The normalized spacial score (nSPS) is 35.5. The molecule has 0 radical (unpaired) electrons. The van der Waals surface area contributed by atoms with Crippen molar-refractivity contribution < 1.29 is 9.53 Å². The van der Waals surface area contributed by atoms with Gasteiger partial charge in [-0.2, -0.15) is 0 Å². The molecule has 1 atom stereocenters. The number of hydrogen-bond donors (Lipinski definition) is 0. The van der Waals surface area contributed by atoms with Crippen LogP contribution in [-0.4, -0.2) is 22.8 Å². The molecule has 0 aliphatic carbocycles. The Kier molecular flexibility index (Phi) is 2.30. The minimum absolute atomic E-state index is 0.183. The van der Waals surface area contributed by atoms with Gasteiger partial charge in [0, 0.05) is 5.88 Å². The van der Waals surface area contributed by atoms with Crippen molar-refractivity contribution in [3.05, 3.63) is 0 Å². The fraction of sp³-hybridized carbons (Fsp3) is 0.833. The molecule has 11 heavy (non-hydrogen) atoms. The van der Waals surface area contributed by atoms with E-state index in [0.29, 0.717) is 0 Å². The van der Waals surface area contributed by atoms with Crippen LogP contribution in [-0.2, 0) is 9.53 Å². The molecule has 1 aliphatic rings. The summed E-state index contributed by atoms with van der Waals surface area (Å²) in [6.07, 6.45) is 0. The zero-order chi connectivity index (χ0) is 8.70. The zero-order valence-electron chi connectivity index (χ0n) is 5.86. The molecular weight excluding hydrogens is 210 g/mol. The first-order chi connectivity index (χ1) is 4.94. The van der Waals surface area contributed by atoms with E-state index in [1.54, 1.807) is 6.92 Å². The van der Waals surface area contributed by atoms with Crippen molar-refractivity contribution >= 4 is 40.8 Å². The van der Waals surface area contributed by atoms with Gasteiger partial charge in [0.05, 0.1) is 5.41 Å². The first-order valence-electron chi connectivity index (χ1n) is 3.05. The number of halogens is 3. The van der Waals surface area contributed by atoms with Gasteiger partial charge in [-0.1, -0.05) is 30.1 Å². The van der Waals surface area contributed by atoms with Crippen molar-refractivity contribution in [1.82, 2.24) is 0 Å². The Labute approximate surface area is 79.7 Å². The molecule has 1 rings (SSSR count). The molecular formula is C6H7Cl3O2. The van der Waals surface area contributed by atoms with Crippen molar-refractivity contribution in [1.29, 1.82) is 0 Å². The molecule has 1 heterocycles. The van der Waals surface area contributed by atoms with Gasteiger partial charge in [-0.05, 0) is 0 Å². The molecule has 0 N–H and O–H groups in total. The Hall–Kier alpha value is 0.340. The number of carbonyl (C=O) groups excluding carboxylic acids is 1. The lowest BCUT2D eigenvalue weighted by Gasteiger charge is -2.25. The van der Waals surface area contributed by atoms with Crippen molar-refractivity contribution in [2.45, 2.75) is 11.3 Å². The lowest BCUT2D eigenvalue weighted by molar-refractivity contribution is -0.138. The van der Waals surface area contributed by atoms with Gasteiger partial charge in [0.2, 0.25) is 4.33 Å². The smallest absolute Gasteiger partial charge is 0.343 e. The van der Waals surface area contributed by atoms with Crippen LogP contribution >= 0.6 is 34.8 Å². The van der Waals surface area contributed by atoms with E-state index in [1.807, 2.05) is 0 Å². The average Bonchev–Trinajstić information content (AvgIpc) is 2.15. The zero-order valence-corrected chi connectivity index (χ0v) is 8.13. The van der Waals surface area contributed by atoms with Crippen molar-refractivity contribution in [2.75, 3.05) is 12.5 Å². The first-order valence-corrected chi connectivity index (χ1v) is 4.34. The second-order valence-corrected chi connectivity index (χ2v) is 4.44. The average molecular weight is 217 g/mol. The number of alkyl halides is 3.